The van der Waals surface area contributed by atoms with Crippen molar-refractivity contribution in [2.75, 3.05) is 32.8 Å². The van der Waals surface area contributed by atoms with E-state index in [9.17, 15) is 22.8 Å². The highest BCUT2D eigenvalue weighted by Crippen LogP contribution is 2.33. The van der Waals surface area contributed by atoms with Gasteiger partial charge in [-0.15, -0.1) is 11.3 Å². The molecule has 2 aliphatic heterocycles. The molecule has 2 saturated heterocycles. The van der Waals surface area contributed by atoms with Crippen molar-refractivity contribution in [1.82, 2.24) is 14.5 Å². The van der Waals surface area contributed by atoms with Crippen molar-refractivity contribution in [2.24, 2.45) is 5.92 Å². The fourth-order valence-corrected chi connectivity index (χ4v) is 7.87. The summed E-state index contributed by atoms with van der Waals surface area (Å²) < 4.78 is 35.0. The van der Waals surface area contributed by atoms with Crippen LogP contribution < -0.4 is 4.72 Å². The molecule has 9 nitrogen and oxygen atoms in total. The van der Waals surface area contributed by atoms with Crippen LogP contribution in [0.25, 0.3) is 10.1 Å². The third-order valence-corrected chi connectivity index (χ3v) is 10.1. The number of fused-ring (bicyclic) bond motifs is 1. The molecule has 3 heterocycles. The van der Waals surface area contributed by atoms with Gasteiger partial charge in [-0.2, -0.15) is 4.72 Å². The summed E-state index contributed by atoms with van der Waals surface area (Å²) >= 11 is 7.11. The first kappa shape index (κ1) is 26.8. The highest BCUT2D eigenvalue weighted by Gasteiger charge is 2.44. The zero-order chi connectivity index (χ0) is 26.1. The zero-order valence-corrected chi connectivity index (χ0v) is 22.7. The Hall–Kier alpha value is -2.21. The lowest BCUT2D eigenvalue weighted by Crippen LogP contribution is -2.62. The van der Waals surface area contributed by atoms with E-state index in [-0.39, 0.29) is 41.7 Å². The van der Waals surface area contributed by atoms with Gasteiger partial charge in [0.15, 0.2) is 0 Å². The summed E-state index contributed by atoms with van der Waals surface area (Å²) in [5.74, 6) is -1.37. The summed E-state index contributed by atoms with van der Waals surface area (Å²) in [5, 5.41) is 1.26. The van der Waals surface area contributed by atoms with Gasteiger partial charge in [0.25, 0.3) is 10.0 Å². The number of hydrogen-bond acceptors (Lipinski definition) is 7. The first-order valence-corrected chi connectivity index (χ1v) is 14.7. The van der Waals surface area contributed by atoms with Crippen LogP contribution in [0.15, 0.2) is 28.5 Å². The minimum atomic E-state index is -3.99. The second-order valence-corrected chi connectivity index (χ2v) is 12.9. The topological polar surface area (TPSA) is 113 Å². The highest BCUT2D eigenvalue weighted by atomic mass is 35.5. The number of nitrogens with one attached hydrogen (secondary N) is 1. The normalized spacial score (nSPS) is 23.2. The molecule has 1 aromatic carbocycles. The summed E-state index contributed by atoms with van der Waals surface area (Å²) in [7, 11) is -3.99. The number of carbonyl (C=O) groups excluding carboxylic acids is 3. The molecule has 0 bridgehead atoms. The molecular weight excluding hydrogens is 526 g/mol. The van der Waals surface area contributed by atoms with Gasteiger partial charge in [-0.05, 0) is 63.1 Å². The van der Waals surface area contributed by atoms with Crippen molar-refractivity contribution >= 4 is 60.8 Å². The van der Waals surface area contributed by atoms with Crippen LogP contribution in [0.4, 0.5) is 0 Å². The summed E-state index contributed by atoms with van der Waals surface area (Å²) in [6, 6.07) is 6.71. The summed E-state index contributed by atoms with van der Waals surface area (Å²) in [4.78, 5) is 41.5. The van der Waals surface area contributed by atoms with Crippen molar-refractivity contribution < 1.29 is 27.5 Å². The van der Waals surface area contributed by atoms with Crippen LogP contribution in [0.1, 0.15) is 39.5 Å². The van der Waals surface area contributed by atoms with E-state index in [1.54, 1.807) is 43.0 Å². The number of carbonyl (C=O) groups is 3. The van der Waals surface area contributed by atoms with E-state index in [0.717, 1.165) is 21.4 Å². The Morgan fingerprint density at radius 3 is 2.78 bits per heavy atom. The number of nitrogens with zero attached hydrogens (tertiary/aromatic N) is 2. The lowest BCUT2D eigenvalue weighted by atomic mass is 9.91. The third kappa shape index (κ3) is 5.69. The molecule has 1 aromatic heterocycles. The van der Waals surface area contributed by atoms with Crippen LogP contribution in [0.5, 0.6) is 0 Å². The maximum atomic E-state index is 13.4. The Morgan fingerprint density at radius 1 is 1.25 bits per heavy atom. The van der Waals surface area contributed by atoms with E-state index in [0.29, 0.717) is 43.8 Å². The molecule has 0 saturated carbocycles. The van der Waals surface area contributed by atoms with Gasteiger partial charge in [0, 0.05) is 29.4 Å². The lowest BCUT2D eigenvalue weighted by Gasteiger charge is -2.40. The average Bonchev–Trinajstić information content (AvgIpc) is 3.26. The van der Waals surface area contributed by atoms with Crippen LogP contribution in [-0.4, -0.2) is 74.3 Å². The average molecular weight is 556 g/mol. The molecule has 36 heavy (non-hydrogen) atoms. The third-order valence-electron chi connectivity index (χ3n) is 6.67. The molecular formula is C24H30ClN3O6S2. The molecule has 2 amide bonds. The quantitative estimate of drug-likeness (QED) is 0.525. The van der Waals surface area contributed by atoms with Crippen molar-refractivity contribution in [3.63, 3.8) is 0 Å². The number of halogens is 1. The van der Waals surface area contributed by atoms with Gasteiger partial charge >= 0.3 is 5.97 Å². The number of sulfonamides is 1. The van der Waals surface area contributed by atoms with Gasteiger partial charge < -0.3 is 14.5 Å². The molecule has 2 fully saturated rings. The van der Waals surface area contributed by atoms with E-state index >= 15 is 0 Å². The molecule has 2 aliphatic rings. The molecule has 196 valence electrons. The molecule has 2 aromatic rings. The largest absolute Gasteiger partial charge is 0.466 e. The number of rotatable bonds is 7. The standard InChI is InChI=1S/C24H30ClN3O6S2/c1-3-34-22(30)17-6-4-10-27(14-17)20(29)15-28-11-5-9-24(2,23(28)31)26-36(32,33)21-12-16-7-8-18(25)13-19(16)35-21/h7-8,12-13,17,26H,3-6,9-11,14-15H2,1-2H3/t17?,24-/m0/s1. The van der Waals surface area contributed by atoms with Crippen LogP contribution in [0.2, 0.25) is 5.02 Å². The minimum absolute atomic E-state index is 0.0975. The monoisotopic (exact) mass is 555 g/mol. The van der Waals surface area contributed by atoms with E-state index in [2.05, 4.69) is 4.72 Å². The van der Waals surface area contributed by atoms with E-state index < -0.39 is 21.5 Å². The predicted octanol–water partition coefficient (Wildman–Crippen LogP) is 3.02. The number of ether oxygens (including phenoxy) is 1. The summed E-state index contributed by atoms with van der Waals surface area (Å²) in [5.41, 5.74) is -1.37. The number of thiophene rings is 1. The molecule has 1 unspecified atom stereocenters. The van der Waals surface area contributed by atoms with Crippen molar-refractivity contribution in [3.05, 3.63) is 29.3 Å². The molecule has 1 N–H and O–H groups in total. The summed E-state index contributed by atoms with van der Waals surface area (Å²) in [6.45, 7) is 4.57. The van der Waals surface area contributed by atoms with Crippen LogP contribution >= 0.6 is 22.9 Å². The van der Waals surface area contributed by atoms with Gasteiger partial charge in [-0.3, -0.25) is 14.4 Å². The fourth-order valence-electron chi connectivity index (χ4n) is 4.81. The first-order chi connectivity index (χ1) is 17.0. The number of benzene rings is 1. The Morgan fingerprint density at radius 2 is 2.03 bits per heavy atom. The number of amides is 2. The number of likely N-dealkylation sites (tertiary alicyclic amines) is 2. The van der Waals surface area contributed by atoms with Gasteiger partial charge in [0.1, 0.15) is 9.75 Å². The van der Waals surface area contributed by atoms with Crippen LogP contribution in [0.3, 0.4) is 0 Å². The van der Waals surface area contributed by atoms with Crippen molar-refractivity contribution in [2.45, 2.75) is 49.3 Å². The Balaban J connectivity index is 1.44. The second kappa shape index (κ2) is 10.6. The first-order valence-electron chi connectivity index (χ1n) is 12.0. The maximum absolute atomic E-state index is 13.4. The Kier molecular flexibility index (Phi) is 7.94. The fraction of sp³-hybridized carbons (Fsp3) is 0.542. The number of esters is 1. The Bertz CT molecular complexity index is 1280. The second-order valence-electron chi connectivity index (χ2n) is 9.45. The number of piperidine rings is 2. The molecule has 0 spiro atoms. The van der Waals surface area contributed by atoms with Gasteiger partial charge in [-0.1, -0.05) is 17.7 Å². The van der Waals surface area contributed by atoms with E-state index in [1.807, 2.05) is 0 Å². The summed E-state index contributed by atoms with van der Waals surface area (Å²) in [6.07, 6.45) is 2.21. The molecule has 2 atom stereocenters. The van der Waals surface area contributed by atoms with Crippen molar-refractivity contribution in [1.29, 1.82) is 0 Å². The van der Waals surface area contributed by atoms with Crippen LogP contribution in [-0.2, 0) is 29.1 Å². The van der Waals surface area contributed by atoms with E-state index in [1.165, 1.54) is 4.90 Å². The maximum Gasteiger partial charge on any atom is 0.310 e. The highest BCUT2D eigenvalue weighted by molar-refractivity contribution is 7.91. The molecule has 0 aliphatic carbocycles. The van der Waals surface area contributed by atoms with Gasteiger partial charge in [0.2, 0.25) is 11.8 Å². The van der Waals surface area contributed by atoms with Gasteiger partial charge in [0.05, 0.1) is 19.1 Å². The van der Waals surface area contributed by atoms with Crippen LogP contribution in [0, 0.1) is 5.92 Å². The van der Waals surface area contributed by atoms with Gasteiger partial charge in [-0.25, -0.2) is 8.42 Å². The Labute approximate surface area is 219 Å². The molecule has 12 heteroatoms. The minimum Gasteiger partial charge on any atom is -0.466 e. The molecule has 4 rings (SSSR count). The predicted molar refractivity (Wildman–Crippen MR) is 137 cm³/mol. The zero-order valence-electron chi connectivity index (χ0n) is 20.3. The number of hydrogen-bond donors (Lipinski definition) is 1. The van der Waals surface area contributed by atoms with E-state index in [4.69, 9.17) is 16.3 Å². The lowest BCUT2D eigenvalue weighted by molar-refractivity contribution is -0.153. The SMILES string of the molecule is CCOC(=O)C1CCCN(C(=O)CN2CCC[C@](C)(NS(=O)(=O)c3cc4ccc(Cl)cc4s3)C2=O)C1. The smallest absolute Gasteiger partial charge is 0.310 e. The van der Waals surface area contributed by atoms with Crippen molar-refractivity contribution in [3.8, 4) is 0 Å². The molecule has 0 radical (unpaired) electrons.